The highest BCUT2D eigenvalue weighted by Crippen LogP contribution is 2.42. The lowest BCUT2D eigenvalue weighted by Gasteiger charge is -2.25. The van der Waals surface area contributed by atoms with Crippen LogP contribution < -0.4 is 0 Å². The van der Waals surface area contributed by atoms with E-state index in [1.807, 2.05) is 23.1 Å². The summed E-state index contributed by atoms with van der Waals surface area (Å²) in [5.74, 6) is 0.279. The molecule has 22 heavy (non-hydrogen) atoms. The molecule has 2 aromatic rings. The van der Waals surface area contributed by atoms with Gasteiger partial charge in [-0.1, -0.05) is 55.8 Å². The van der Waals surface area contributed by atoms with E-state index in [1.165, 1.54) is 11.8 Å². The number of likely N-dealkylation sites (tertiary alicyclic amines) is 1. The van der Waals surface area contributed by atoms with Crippen molar-refractivity contribution in [2.45, 2.75) is 19.8 Å². The molecule has 0 unspecified atom stereocenters. The molecule has 0 bridgehead atoms. The number of rotatable bonds is 2. The SMILES string of the molecule is Cn1ncc(Cl)c1C(=O)N1C[C@@H](c2ccccc2)C(C)(C)C1. The molecule has 0 saturated carbocycles. The summed E-state index contributed by atoms with van der Waals surface area (Å²) < 4.78 is 1.55. The topological polar surface area (TPSA) is 38.1 Å². The second-order valence-electron chi connectivity index (χ2n) is 6.60. The van der Waals surface area contributed by atoms with E-state index in [1.54, 1.807) is 11.7 Å². The number of benzene rings is 1. The number of aromatic nitrogens is 2. The largest absolute Gasteiger partial charge is 0.336 e. The van der Waals surface area contributed by atoms with Gasteiger partial charge in [-0.25, -0.2) is 0 Å². The van der Waals surface area contributed by atoms with Crippen LogP contribution in [-0.2, 0) is 7.05 Å². The fourth-order valence-corrected chi connectivity index (χ4v) is 3.58. The van der Waals surface area contributed by atoms with E-state index in [2.05, 4.69) is 31.1 Å². The normalized spacial score (nSPS) is 20.4. The number of aryl methyl sites for hydroxylation is 1. The van der Waals surface area contributed by atoms with Gasteiger partial charge in [0.25, 0.3) is 5.91 Å². The van der Waals surface area contributed by atoms with E-state index in [0.29, 0.717) is 29.7 Å². The molecule has 3 rings (SSSR count). The maximum Gasteiger partial charge on any atom is 0.273 e. The standard InChI is InChI=1S/C17H20ClN3O/c1-17(2)11-21(10-13(17)12-7-5-4-6-8-12)16(22)15-14(18)9-19-20(15)3/h4-9,13H,10-11H2,1-3H3/t13-/m0/s1. The van der Waals surface area contributed by atoms with Crippen molar-refractivity contribution < 1.29 is 4.79 Å². The van der Waals surface area contributed by atoms with Crippen molar-refractivity contribution in [1.29, 1.82) is 0 Å². The van der Waals surface area contributed by atoms with Crippen molar-refractivity contribution in [2.24, 2.45) is 12.5 Å². The molecular formula is C17H20ClN3O. The first-order valence-electron chi connectivity index (χ1n) is 7.42. The molecule has 1 amide bonds. The third kappa shape index (κ3) is 2.52. The number of hydrogen-bond donors (Lipinski definition) is 0. The molecule has 4 nitrogen and oxygen atoms in total. The zero-order valence-corrected chi connectivity index (χ0v) is 13.8. The summed E-state index contributed by atoms with van der Waals surface area (Å²) in [5, 5.41) is 4.47. The van der Waals surface area contributed by atoms with Crippen LogP contribution in [0.1, 0.15) is 35.8 Å². The van der Waals surface area contributed by atoms with E-state index >= 15 is 0 Å². The minimum Gasteiger partial charge on any atom is -0.336 e. The summed E-state index contributed by atoms with van der Waals surface area (Å²) >= 11 is 6.11. The summed E-state index contributed by atoms with van der Waals surface area (Å²) in [6.07, 6.45) is 1.52. The van der Waals surface area contributed by atoms with Gasteiger partial charge in [-0.05, 0) is 11.0 Å². The van der Waals surface area contributed by atoms with Crippen LogP contribution in [0.5, 0.6) is 0 Å². The number of hydrogen-bond acceptors (Lipinski definition) is 2. The van der Waals surface area contributed by atoms with E-state index in [0.717, 1.165) is 0 Å². The molecule has 2 heterocycles. The maximum atomic E-state index is 12.8. The minimum atomic E-state index is -0.0449. The summed E-state index contributed by atoms with van der Waals surface area (Å²) in [5.41, 5.74) is 1.77. The predicted molar refractivity (Wildman–Crippen MR) is 87.1 cm³/mol. The molecule has 0 spiro atoms. The zero-order valence-electron chi connectivity index (χ0n) is 13.1. The Bertz CT molecular complexity index is 674. The zero-order chi connectivity index (χ0) is 15.9. The van der Waals surface area contributed by atoms with Gasteiger partial charge in [0.15, 0.2) is 0 Å². The first kappa shape index (κ1) is 15.1. The number of carbonyl (C=O) groups is 1. The summed E-state index contributed by atoms with van der Waals surface area (Å²) in [6.45, 7) is 5.84. The highest BCUT2D eigenvalue weighted by atomic mass is 35.5. The van der Waals surface area contributed by atoms with Gasteiger partial charge >= 0.3 is 0 Å². The Morgan fingerprint density at radius 1 is 1.32 bits per heavy atom. The lowest BCUT2D eigenvalue weighted by atomic mass is 9.78. The van der Waals surface area contributed by atoms with Gasteiger partial charge in [0.05, 0.1) is 11.2 Å². The molecule has 1 aliphatic rings. The van der Waals surface area contributed by atoms with Crippen molar-refractivity contribution in [3.63, 3.8) is 0 Å². The molecule has 1 saturated heterocycles. The van der Waals surface area contributed by atoms with Crippen LogP contribution in [0, 0.1) is 5.41 Å². The first-order chi connectivity index (χ1) is 10.4. The molecule has 0 N–H and O–H groups in total. The fourth-order valence-electron chi connectivity index (χ4n) is 3.33. The van der Waals surface area contributed by atoms with Gasteiger partial charge < -0.3 is 4.90 Å². The Balaban J connectivity index is 1.88. The van der Waals surface area contributed by atoms with Crippen LogP contribution in [0.4, 0.5) is 0 Å². The molecule has 1 aromatic carbocycles. The highest BCUT2D eigenvalue weighted by Gasteiger charge is 2.42. The van der Waals surface area contributed by atoms with Crippen LogP contribution in [-0.4, -0.2) is 33.7 Å². The third-order valence-corrected chi connectivity index (χ3v) is 4.81. The summed E-state index contributed by atoms with van der Waals surface area (Å²) in [6, 6.07) is 10.4. The van der Waals surface area contributed by atoms with E-state index < -0.39 is 0 Å². The van der Waals surface area contributed by atoms with Crippen molar-refractivity contribution in [3.05, 3.63) is 52.8 Å². The molecular weight excluding hydrogens is 298 g/mol. The van der Waals surface area contributed by atoms with Crippen molar-refractivity contribution in [2.75, 3.05) is 13.1 Å². The van der Waals surface area contributed by atoms with Crippen molar-refractivity contribution >= 4 is 17.5 Å². The van der Waals surface area contributed by atoms with Crippen LogP contribution in [0.25, 0.3) is 0 Å². The van der Waals surface area contributed by atoms with Crippen LogP contribution in [0.15, 0.2) is 36.5 Å². The smallest absolute Gasteiger partial charge is 0.273 e. The third-order valence-electron chi connectivity index (χ3n) is 4.53. The number of nitrogens with zero attached hydrogens (tertiary/aromatic N) is 3. The molecule has 116 valence electrons. The predicted octanol–water partition coefficient (Wildman–Crippen LogP) is 3.34. The van der Waals surface area contributed by atoms with Gasteiger partial charge in [-0.2, -0.15) is 5.10 Å². The van der Waals surface area contributed by atoms with Gasteiger partial charge in [0, 0.05) is 26.1 Å². The molecule has 1 fully saturated rings. The van der Waals surface area contributed by atoms with Crippen molar-refractivity contribution in [1.82, 2.24) is 14.7 Å². The Kier molecular flexibility index (Phi) is 3.73. The number of halogens is 1. The van der Waals surface area contributed by atoms with Crippen LogP contribution in [0.3, 0.4) is 0 Å². The van der Waals surface area contributed by atoms with Crippen LogP contribution in [0.2, 0.25) is 5.02 Å². The Morgan fingerprint density at radius 3 is 2.59 bits per heavy atom. The van der Waals surface area contributed by atoms with E-state index in [9.17, 15) is 4.79 Å². The molecule has 1 aliphatic heterocycles. The lowest BCUT2D eigenvalue weighted by molar-refractivity contribution is 0.0767. The molecule has 0 radical (unpaired) electrons. The lowest BCUT2D eigenvalue weighted by Crippen LogP contribution is -2.31. The Morgan fingerprint density at radius 2 is 2.00 bits per heavy atom. The fraction of sp³-hybridized carbons (Fsp3) is 0.412. The second-order valence-corrected chi connectivity index (χ2v) is 7.01. The quantitative estimate of drug-likeness (QED) is 0.852. The summed E-state index contributed by atoms with van der Waals surface area (Å²) in [4.78, 5) is 14.7. The Labute approximate surface area is 135 Å². The monoisotopic (exact) mass is 317 g/mol. The van der Waals surface area contributed by atoms with Gasteiger partial charge in [0.1, 0.15) is 5.69 Å². The average Bonchev–Trinajstić information content (AvgIpc) is 2.98. The van der Waals surface area contributed by atoms with Gasteiger partial charge in [-0.3, -0.25) is 9.48 Å². The molecule has 1 aromatic heterocycles. The van der Waals surface area contributed by atoms with E-state index in [-0.39, 0.29) is 11.3 Å². The molecule has 1 atom stereocenters. The number of amides is 1. The first-order valence-corrected chi connectivity index (χ1v) is 7.79. The molecule has 0 aliphatic carbocycles. The van der Waals surface area contributed by atoms with Crippen LogP contribution >= 0.6 is 11.6 Å². The van der Waals surface area contributed by atoms with Gasteiger partial charge in [0.2, 0.25) is 0 Å². The maximum absolute atomic E-state index is 12.8. The van der Waals surface area contributed by atoms with E-state index in [4.69, 9.17) is 11.6 Å². The molecule has 5 heteroatoms. The minimum absolute atomic E-state index is 0.0298. The Hall–Kier alpha value is -1.81. The second kappa shape index (κ2) is 5.43. The average molecular weight is 318 g/mol. The summed E-state index contributed by atoms with van der Waals surface area (Å²) in [7, 11) is 1.75. The van der Waals surface area contributed by atoms with Crippen molar-refractivity contribution in [3.8, 4) is 0 Å². The number of carbonyl (C=O) groups excluding carboxylic acids is 1. The van der Waals surface area contributed by atoms with Gasteiger partial charge in [-0.15, -0.1) is 0 Å². The highest BCUT2D eigenvalue weighted by molar-refractivity contribution is 6.33.